The predicted octanol–water partition coefficient (Wildman–Crippen LogP) is 5.30. The molecule has 5 nitrogen and oxygen atoms in total. The zero-order chi connectivity index (χ0) is 19.5. The SMILES string of the molecule is COc1ccc(N(c2ccc(OC)cc2)c2ccc3c(N)ccnc3c2)cc1. The Bertz CT molecular complexity index is 1050. The Morgan fingerprint density at radius 3 is 1.79 bits per heavy atom. The number of hydrogen-bond acceptors (Lipinski definition) is 5. The van der Waals surface area contributed by atoms with Crippen LogP contribution in [0.25, 0.3) is 10.9 Å². The van der Waals surface area contributed by atoms with Crippen molar-refractivity contribution in [3.63, 3.8) is 0 Å². The molecule has 1 heterocycles. The van der Waals surface area contributed by atoms with Crippen LogP contribution in [0.1, 0.15) is 0 Å². The van der Waals surface area contributed by atoms with Crippen LogP contribution >= 0.6 is 0 Å². The molecule has 1 aromatic heterocycles. The molecule has 2 N–H and O–H groups in total. The van der Waals surface area contributed by atoms with Gasteiger partial charge in [-0.05, 0) is 72.8 Å². The number of hydrogen-bond donors (Lipinski definition) is 1. The van der Waals surface area contributed by atoms with Gasteiger partial charge in [-0.2, -0.15) is 0 Å². The molecular formula is C23H21N3O2. The molecule has 3 aromatic carbocycles. The van der Waals surface area contributed by atoms with Crippen LogP contribution in [0.2, 0.25) is 0 Å². The van der Waals surface area contributed by atoms with Crippen molar-refractivity contribution in [2.45, 2.75) is 0 Å². The molecule has 0 saturated carbocycles. The molecule has 5 heteroatoms. The molecule has 28 heavy (non-hydrogen) atoms. The van der Waals surface area contributed by atoms with Crippen LogP contribution in [0.3, 0.4) is 0 Å². The standard InChI is InChI=1S/C23H21N3O2/c1-27-19-8-3-16(4-9-19)26(17-5-10-20(28-2)11-6-17)18-7-12-21-22(24)13-14-25-23(21)15-18/h3-15H,1-2H3,(H2,24,25). The summed E-state index contributed by atoms with van der Waals surface area (Å²) < 4.78 is 10.6. The lowest BCUT2D eigenvalue weighted by Gasteiger charge is -2.26. The van der Waals surface area contributed by atoms with Crippen molar-refractivity contribution in [1.82, 2.24) is 4.98 Å². The normalized spacial score (nSPS) is 10.6. The Balaban J connectivity index is 1.86. The zero-order valence-electron chi connectivity index (χ0n) is 15.8. The number of aromatic nitrogens is 1. The van der Waals surface area contributed by atoms with Gasteiger partial charge in [-0.25, -0.2) is 0 Å². The van der Waals surface area contributed by atoms with Crippen LogP contribution in [0, 0.1) is 0 Å². The molecule has 0 bridgehead atoms. The van der Waals surface area contributed by atoms with Crippen molar-refractivity contribution >= 4 is 33.7 Å². The van der Waals surface area contributed by atoms with E-state index in [4.69, 9.17) is 15.2 Å². The first-order chi connectivity index (χ1) is 13.7. The summed E-state index contributed by atoms with van der Waals surface area (Å²) in [7, 11) is 3.32. The monoisotopic (exact) mass is 371 g/mol. The van der Waals surface area contributed by atoms with Crippen molar-refractivity contribution in [2.75, 3.05) is 24.9 Å². The van der Waals surface area contributed by atoms with E-state index in [2.05, 4.69) is 16.0 Å². The number of benzene rings is 3. The van der Waals surface area contributed by atoms with Gasteiger partial charge in [0.2, 0.25) is 0 Å². The summed E-state index contributed by atoms with van der Waals surface area (Å²) in [4.78, 5) is 6.64. The average molecular weight is 371 g/mol. The van der Waals surface area contributed by atoms with Crippen LogP contribution < -0.4 is 20.1 Å². The largest absolute Gasteiger partial charge is 0.497 e. The van der Waals surface area contributed by atoms with Crippen LogP contribution in [-0.2, 0) is 0 Å². The number of ether oxygens (including phenoxy) is 2. The van der Waals surface area contributed by atoms with Gasteiger partial charge in [0.25, 0.3) is 0 Å². The van der Waals surface area contributed by atoms with E-state index in [1.807, 2.05) is 66.7 Å². The van der Waals surface area contributed by atoms with Crippen LogP contribution in [0.4, 0.5) is 22.7 Å². The van der Waals surface area contributed by atoms with E-state index in [0.29, 0.717) is 0 Å². The van der Waals surface area contributed by atoms with Crippen molar-refractivity contribution in [2.24, 2.45) is 0 Å². The molecule has 0 amide bonds. The molecule has 140 valence electrons. The summed E-state index contributed by atoms with van der Waals surface area (Å²) in [5, 5.41) is 0.940. The van der Waals surface area contributed by atoms with E-state index < -0.39 is 0 Å². The van der Waals surface area contributed by atoms with Gasteiger partial charge >= 0.3 is 0 Å². The topological polar surface area (TPSA) is 60.6 Å². The second kappa shape index (κ2) is 7.48. The van der Waals surface area contributed by atoms with Gasteiger partial charge < -0.3 is 20.1 Å². The highest BCUT2D eigenvalue weighted by molar-refractivity contribution is 5.93. The number of methoxy groups -OCH3 is 2. The number of nitrogens with two attached hydrogens (primary N) is 1. The first kappa shape index (κ1) is 17.7. The summed E-state index contributed by atoms with van der Waals surface area (Å²) in [5.41, 5.74) is 10.7. The molecule has 0 fully saturated rings. The lowest BCUT2D eigenvalue weighted by molar-refractivity contribution is 0.415. The second-order valence-corrected chi connectivity index (χ2v) is 6.33. The third kappa shape index (κ3) is 3.30. The van der Waals surface area contributed by atoms with Crippen LogP contribution in [0.15, 0.2) is 79.0 Å². The summed E-state index contributed by atoms with van der Waals surface area (Å²) in [6.45, 7) is 0. The van der Waals surface area contributed by atoms with Gasteiger partial charge in [0.05, 0.1) is 19.7 Å². The fraction of sp³-hybridized carbons (Fsp3) is 0.0870. The van der Waals surface area contributed by atoms with Gasteiger partial charge in [-0.1, -0.05) is 0 Å². The molecule has 0 radical (unpaired) electrons. The number of fused-ring (bicyclic) bond motifs is 1. The maximum atomic E-state index is 6.09. The van der Waals surface area contributed by atoms with Crippen molar-refractivity contribution in [3.05, 3.63) is 79.0 Å². The molecule has 0 unspecified atom stereocenters. The average Bonchev–Trinajstić information content (AvgIpc) is 2.75. The molecule has 0 aliphatic carbocycles. The Morgan fingerprint density at radius 2 is 1.25 bits per heavy atom. The number of pyridine rings is 1. The maximum absolute atomic E-state index is 6.09. The van der Waals surface area contributed by atoms with E-state index in [1.165, 1.54) is 0 Å². The number of anilines is 4. The highest BCUT2D eigenvalue weighted by Crippen LogP contribution is 2.37. The van der Waals surface area contributed by atoms with Crippen LogP contribution in [-0.4, -0.2) is 19.2 Å². The summed E-state index contributed by atoms with van der Waals surface area (Å²) in [6, 6.07) is 23.8. The van der Waals surface area contributed by atoms with Gasteiger partial charge in [0.15, 0.2) is 0 Å². The van der Waals surface area contributed by atoms with E-state index in [1.54, 1.807) is 20.4 Å². The maximum Gasteiger partial charge on any atom is 0.119 e. The molecule has 4 aromatic rings. The highest BCUT2D eigenvalue weighted by atomic mass is 16.5. The van der Waals surface area contributed by atoms with Gasteiger partial charge in [0.1, 0.15) is 11.5 Å². The molecule has 0 aliphatic heterocycles. The van der Waals surface area contributed by atoms with Crippen molar-refractivity contribution in [3.8, 4) is 11.5 Å². The third-order valence-electron chi connectivity index (χ3n) is 4.68. The van der Waals surface area contributed by atoms with E-state index in [0.717, 1.165) is 45.2 Å². The Labute approximate surface area is 164 Å². The first-order valence-corrected chi connectivity index (χ1v) is 8.92. The molecule has 0 atom stereocenters. The lowest BCUT2D eigenvalue weighted by Crippen LogP contribution is -2.10. The van der Waals surface area contributed by atoms with Crippen molar-refractivity contribution < 1.29 is 9.47 Å². The summed E-state index contributed by atoms with van der Waals surface area (Å²) >= 11 is 0. The fourth-order valence-corrected chi connectivity index (χ4v) is 3.21. The Morgan fingerprint density at radius 1 is 0.714 bits per heavy atom. The van der Waals surface area contributed by atoms with Crippen LogP contribution in [0.5, 0.6) is 11.5 Å². The van der Waals surface area contributed by atoms with Gasteiger partial charge in [0, 0.05) is 34.3 Å². The van der Waals surface area contributed by atoms with E-state index >= 15 is 0 Å². The second-order valence-electron chi connectivity index (χ2n) is 6.33. The Hall–Kier alpha value is -3.73. The number of nitrogen functional groups attached to an aromatic ring is 1. The van der Waals surface area contributed by atoms with Crippen molar-refractivity contribution in [1.29, 1.82) is 0 Å². The molecule has 0 aliphatic rings. The highest BCUT2D eigenvalue weighted by Gasteiger charge is 2.14. The Kier molecular flexibility index (Phi) is 4.72. The number of rotatable bonds is 5. The minimum absolute atomic E-state index is 0.719. The molecular weight excluding hydrogens is 350 g/mol. The van der Waals surface area contributed by atoms with E-state index in [-0.39, 0.29) is 0 Å². The summed E-state index contributed by atoms with van der Waals surface area (Å²) in [6.07, 6.45) is 1.73. The molecule has 0 spiro atoms. The van der Waals surface area contributed by atoms with Gasteiger partial charge in [-0.3, -0.25) is 4.98 Å². The first-order valence-electron chi connectivity index (χ1n) is 8.92. The van der Waals surface area contributed by atoms with Gasteiger partial charge in [-0.15, -0.1) is 0 Å². The summed E-state index contributed by atoms with van der Waals surface area (Å²) in [5.74, 6) is 1.62. The predicted molar refractivity (Wildman–Crippen MR) is 114 cm³/mol. The quantitative estimate of drug-likeness (QED) is 0.515. The van der Waals surface area contributed by atoms with E-state index in [9.17, 15) is 0 Å². The molecule has 0 saturated heterocycles. The number of nitrogens with zero attached hydrogens (tertiary/aromatic N) is 2. The lowest BCUT2D eigenvalue weighted by atomic mass is 10.1. The fourth-order valence-electron chi connectivity index (χ4n) is 3.21. The third-order valence-corrected chi connectivity index (χ3v) is 4.68. The smallest absolute Gasteiger partial charge is 0.119 e. The minimum atomic E-state index is 0.719. The minimum Gasteiger partial charge on any atom is -0.497 e. The molecule has 4 rings (SSSR count). The zero-order valence-corrected chi connectivity index (χ0v) is 15.8.